The van der Waals surface area contributed by atoms with Crippen molar-refractivity contribution in [1.29, 1.82) is 0 Å². The van der Waals surface area contributed by atoms with Crippen molar-refractivity contribution in [1.82, 2.24) is 10.1 Å². The summed E-state index contributed by atoms with van der Waals surface area (Å²) in [4.78, 5) is 4.29. The van der Waals surface area contributed by atoms with E-state index in [4.69, 9.17) is 19.7 Å². The van der Waals surface area contributed by atoms with Gasteiger partial charge in [-0.2, -0.15) is 4.98 Å². The van der Waals surface area contributed by atoms with E-state index >= 15 is 0 Å². The summed E-state index contributed by atoms with van der Waals surface area (Å²) in [6, 6.07) is -0.315. The highest BCUT2D eigenvalue weighted by atomic mass is 16.5. The number of aryl methyl sites for hydroxylation is 1. The molecule has 2 unspecified atom stereocenters. The predicted octanol–water partition coefficient (Wildman–Crippen LogP) is 1.22. The Morgan fingerprint density at radius 1 is 1.56 bits per heavy atom. The van der Waals surface area contributed by atoms with Gasteiger partial charge in [0.05, 0.1) is 18.8 Å². The average molecular weight is 255 g/mol. The summed E-state index contributed by atoms with van der Waals surface area (Å²) < 4.78 is 16.0. The third-order valence-corrected chi connectivity index (χ3v) is 3.02. The Balaban J connectivity index is 1.77. The third-order valence-electron chi connectivity index (χ3n) is 3.02. The molecular weight excluding hydrogens is 234 g/mol. The van der Waals surface area contributed by atoms with E-state index < -0.39 is 0 Å². The molecule has 1 aliphatic rings. The van der Waals surface area contributed by atoms with E-state index in [1.807, 2.05) is 6.92 Å². The zero-order chi connectivity index (χ0) is 12.8. The smallest absolute Gasteiger partial charge is 0.226 e. The molecule has 0 aliphatic carbocycles. The molecule has 2 rings (SSSR count). The van der Waals surface area contributed by atoms with Crippen molar-refractivity contribution in [2.24, 2.45) is 5.73 Å². The topological polar surface area (TPSA) is 83.4 Å². The number of hydrogen-bond donors (Lipinski definition) is 1. The zero-order valence-corrected chi connectivity index (χ0v) is 10.8. The Morgan fingerprint density at radius 3 is 3.17 bits per heavy atom. The molecule has 6 nitrogen and oxygen atoms in total. The average Bonchev–Trinajstić information content (AvgIpc) is 3.04. The van der Waals surface area contributed by atoms with Crippen LogP contribution in [0, 0.1) is 0 Å². The van der Waals surface area contributed by atoms with E-state index in [0.717, 1.165) is 32.3 Å². The van der Waals surface area contributed by atoms with Crippen molar-refractivity contribution in [3.63, 3.8) is 0 Å². The Morgan fingerprint density at radius 2 is 2.44 bits per heavy atom. The lowest BCUT2D eigenvalue weighted by molar-refractivity contribution is 0.102. The van der Waals surface area contributed by atoms with Crippen LogP contribution in [0.4, 0.5) is 0 Å². The minimum absolute atomic E-state index is 0.315. The first-order chi connectivity index (χ1) is 8.79. The van der Waals surface area contributed by atoms with E-state index in [9.17, 15) is 0 Å². The van der Waals surface area contributed by atoms with E-state index in [1.165, 1.54) is 0 Å². The van der Waals surface area contributed by atoms with Crippen LogP contribution in [-0.4, -0.2) is 36.1 Å². The maximum atomic E-state index is 5.88. The summed E-state index contributed by atoms with van der Waals surface area (Å²) in [5.74, 6) is 1.15. The second-order valence-electron chi connectivity index (χ2n) is 4.49. The van der Waals surface area contributed by atoms with Crippen LogP contribution >= 0.6 is 0 Å². The molecule has 2 heterocycles. The van der Waals surface area contributed by atoms with Crippen LogP contribution in [0.25, 0.3) is 0 Å². The summed E-state index contributed by atoms with van der Waals surface area (Å²) in [5.41, 5.74) is 5.88. The summed E-state index contributed by atoms with van der Waals surface area (Å²) >= 11 is 0. The lowest BCUT2D eigenvalue weighted by atomic mass is 10.1. The number of nitrogens with zero attached hydrogens (tertiary/aromatic N) is 2. The largest absolute Gasteiger partial charge is 0.380 e. The molecule has 1 saturated heterocycles. The Hall–Kier alpha value is -0.980. The molecule has 0 saturated carbocycles. The maximum Gasteiger partial charge on any atom is 0.226 e. The molecule has 0 bridgehead atoms. The van der Waals surface area contributed by atoms with Crippen LogP contribution in [0.5, 0.6) is 0 Å². The number of hydrogen-bond acceptors (Lipinski definition) is 6. The second-order valence-corrected chi connectivity index (χ2v) is 4.49. The minimum Gasteiger partial charge on any atom is -0.380 e. The number of ether oxygens (including phenoxy) is 2. The van der Waals surface area contributed by atoms with Crippen LogP contribution < -0.4 is 5.73 Å². The summed E-state index contributed by atoms with van der Waals surface area (Å²) in [7, 11) is 0. The standard InChI is InChI=1S/C12H21N3O3/c1-2-16-8-10(13)12-14-11(18-15-12)6-5-9-4-3-7-17-9/h9-10H,2-8,13H2,1H3. The molecule has 18 heavy (non-hydrogen) atoms. The van der Waals surface area contributed by atoms with Gasteiger partial charge >= 0.3 is 0 Å². The van der Waals surface area contributed by atoms with Crippen molar-refractivity contribution in [2.75, 3.05) is 19.8 Å². The van der Waals surface area contributed by atoms with Crippen molar-refractivity contribution in [3.8, 4) is 0 Å². The first kappa shape index (κ1) is 13.5. The van der Waals surface area contributed by atoms with Gasteiger partial charge in [0, 0.05) is 19.6 Å². The van der Waals surface area contributed by atoms with Gasteiger partial charge < -0.3 is 19.7 Å². The normalized spacial score (nSPS) is 21.3. The van der Waals surface area contributed by atoms with Crippen LogP contribution in [0.1, 0.15) is 43.9 Å². The predicted molar refractivity (Wildman–Crippen MR) is 65.0 cm³/mol. The second kappa shape index (κ2) is 6.82. The fourth-order valence-corrected chi connectivity index (χ4v) is 2.00. The summed E-state index contributed by atoms with van der Waals surface area (Å²) in [6.07, 6.45) is 4.31. The molecule has 2 N–H and O–H groups in total. The minimum atomic E-state index is -0.315. The monoisotopic (exact) mass is 255 g/mol. The quantitative estimate of drug-likeness (QED) is 0.788. The SMILES string of the molecule is CCOCC(N)c1noc(CCC2CCCO2)n1. The van der Waals surface area contributed by atoms with Gasteiger partial charge in [-0.1, -0.05) is 5.16 Å². The van der Waals surface area contributed by atoms with Gasteiger partial charge in [-0.25, -0.2) is 0 Å². The molecule has 0 amide bonds. The lowest BCUT2D eigenvalue weighted by Crippen LogP contribution is -2.18. The summed E-state index contributed by atoms with van der Waals surface area (Å²) in [6.45, 7) is 3.85. The zero-order valence-electron chi connectivity index (χ0n) is 10.8. The van der Waals surface area contributed by atoms with Crippen molar-refractivity contribution >= 4 is 0 Å². The molecular formula is C12H21N3O3. The number of aromatic nitrogens is 2. The lowest BCUT2D eigenvalue weighted by Gasteiger charge is -2.06. The molecule has 1 aromatic rings. The van der Waals surface area contributed by atoms with Gasteiger partial charge in [0.2, 0.25) is 5.89 Å². The third kappa shape index (κ3) is 3.76. The molecule has 6 heteroatoms. The molecule has 1 fully saturated rings. The van der Waals surface area contributed by atoms with Crippen molar-refractivity contribution < 1.29 is 14.0 Å². The van der Waals surface area contributed by atoms with Gasteiger partial charge in [0.1, 0.15) is 0 Å². The molecule has 0 radical (unpaired) electrons. The first-order valence-corrected chi connectivity index (χ1v) is 6.57. The Labute approximate surface area is 107 Å². The molecule has 2 atom stereocenters. The van der Waals surface area contributed by atoms with E-state index in [0.29, 0.717) is 31.0 Å². The highest BCUT2D eigenvalue weighted by Crippen LogP contribution is 2.17. The Kier molecular flexibility index (Phi) is 5.10. The highest BCUT2D eigenvalue weighted by Gasteiger charge is 2.18. The number of nitrogens with two attached hydrogens (primary N) is 1. The number of rotatable bonds is 7. The van der Waals surface area contributed by atoms with E-state index in [1.54, 1.807) is 0 Å². The van der Waals surface area contributed by atoms with E-state index in [2.05, 4.69) is 10.1 Å². The van der Waals surface area contributed by atoms with Gasteiger partial charge in [-0.05, 0) is 26.2 Å². The molecule has 0 spiro atoms. The van der Waals surface area contributed by atoms with Crippen LogP contribution in [-0.2, 0) is 15.9 Å². The molecule has 0 aromatic carbocycles. The fourth-order valence-electron chi connectivity index (χ4n) is 2.00. The van der Waals surface area contributed by atoms with E-state index in [-0.39, 0.29) is 6.04 Å². The van der Waals surface area contributed by atoms with Gasteiger partial charge in [0.25, 0.3) is 0 Å². The van der Waals surface area contributed by atoms with Crippen LogP contribution in [0.3, 0.4) is 0 Å². The summed E-state index contributed by atoms with van der Waals surface area (Å²) in [5, 5.41) is 3.88. The van der Waals surface area contributed by atoms with Crippen LogP contribution in [0.15, 0.2) is 4.52 Å². The molecule has 1 aliphatic heterocycles. The van der Waals surface area contributed by atoms with Gasteiger partial charge in [-0.15, -0.1) is 0 Å². The Bertz CT molecular complexity index is 350. The van der Waals surface area contributed by atoms with Crippen molar-refractivity contribution in [3.05, 3.63) is 11.7 Å². The highest BCUT2D eigenvalue weighted by molar-refractivity contribution is 4.93. The van der Waals surface area contributed by atoms with Crippen LogP contribution in [0.2, 0.25) is 0 Å². The van der Waals surface area contributed by atoms with Crippen molar-refractivity contribution in [2.45, 2.75) is 44.8 Å². The molecule has 102 valence electrons. The molecule has 1 aromatic heterocycles. The van der Waals surface area contributed by atoms with Gasteiger partial charge in [0.15, 0.2) is 5.82 Å². The maximum absolute atomic E-state index is 5.88. The van der Waals surface area contributed by atoms with Gasteiger partial charge in [-0.3, -0.25) is 0 Å². The fraction of sp³-hybridized carbons (Fsp3) is 0.833. The first-order valence-electron chi connectivity index (χ1n) is 6.57.